The van der Waals surface area contributed by atoms with E-state index in [0.717, 1.165) is 32.9 Å². The Morgan fingerprint density at radius 1 is 0.750 bits per heavy atom. The molecular weight excluding hydrogens is 1060 g/mol. The SMILES string of the molecule is C=C1C[C@H]2C=Nc3cc(OCc4cc(C#CCNC(=O)CCOCCOCCOCCOCCNC(=O)OC[C@@H](C)SSc5ccccn5)cc(COc5cc6c(cc5OC)C(=O)N5CC(=C)C[C@H]5C=N6)c4)c(C)cc3C(=O)N2C1. The van der Waals surface area contributed by atoms with Gasteiger partial charge >= 0.3 is 6.09 Å². The lowest BCUT2D eigenvalue weighted by Crippen LogP contribution is -2.35. The lowest BCUT2D eigenvalue weighted by molar-refractivity contribution is -0.122. The van der Waals surface area contributed by atoms with E-state index in [1.807, 2.05) is 62.5 Å². The Hall–Kier alpha value is -7.19. The molecule has 0 aliphatic carbocycles. The molecule has 5 heterocycles. The number of alkyl carbamates (subject to hydrolysis) is 1. The minimum absolute atomic E-state index is 0.0786. The first-order valence-corrected chi connectivity index (χ1v) is 28.6. The Morgan fingerprint density at radius 3 is 1.98 bits per heavy atom. The molecule has 21 heteroatoms. The normalized spacial score (nSPS) is 16.4. The molecule has 0 saturated carbocycles. The molecule has 0 unspecified atom stereocenters. The fourth-order valence-corrected chi connectivity index (χ4v) is 10.7. The van der Waals surface area contributed by atoms with Gasteiger partial charge in [-0.15, -0.1) is 0 Å². The van der Waals surface area contributed by atoms with E-state index in [-0.39, 0.29) is 74.4 Å². The molecule has 3 atom stereocenters. The van der Waals surface area contributed by atoms with Gasteiger partial charge in [-0.2, -0.15) is 0 Å². The van der Waals surface area contributed by atoms with Crippen molar-refractivity contribution in [2.24, 2.45) is 9.98 Å². The van der Waals surface area contributed by atoms with Gasteiger partial charge in [0.2, 0.25) is 5.91 Å². The Labute approximate surface area is 474 Å². The van der Waals surface area contributed by atoms with Crippen molar-refractivity contribution in [2.75, 3.05) is 92.8 Å². The third kappa shape index (κ3) is 17.2. The number of carbonyl (C=O) groups is 4. The molecule has 4 amide bonds. The van der Waals surface area contributed by atoms with Crippen LogP contribution in [0, 0.1) is 18.8 Å². The van der Waals surface area contributed by atoms with Crippen molar-refractivity contribution >= 4 is 69.2 Å². The number of aliphatic imine (C=N–C) groups is 2. The lowest BCUT2D eigenvalue weighted by Gasteiger charge is -2.20. The zero-order valence-corrected chi connectivity index (χ0v) is 47.0. The summed E-state index contributed by atoms with van der Waals surface area (Å²) in [7, 11) is 4.66. The fraction of sp³-hybridized carbons (Fsp3) is 0.407. The van der Waals surface area contributed by atoms with Crippen LogP contribution >= 0.6 is 21.6 Å². The maximum Gasteiger partial charge on any atom is 0.407 e. The van der Waals surface area contributed by atoms with Crippen LogP contribution in [-0.2, 0) is 41.7 Å². The van der Waals surface area contributed by atoms with Gasteiger partial charge in [-0.05, 0) is 96.6 Å². The average molecular weight is 1130 g/mol. The van der Waals surface area contributed by atoms with Crippen LogP contribution in [0.1, 0.15) is 69.2 Å². The van der Waals surface area contributed by atoms with Gasteiger partial charge in [0.1, 0.15) is 30.6 Å². The van der Waals surface area contributed by atoms with Crippen LogP contribution in [0.3, 0.4) is 0 Å². The number of benzene rings is 3. The minimum Gasteiger partial charge on any atom is -0.493 e. The van der Waals surface area contributed by atoms with Gasteiger partial charge < -0.3 is 58.3 Å². The average Bonchev–Trinajstić information content (AvgIpc) is 3.97. The number of carbonyl (C=O) groups excluding carboxylic acids is 4. The van der Waals surface area contributed by atoms with Crippen molar-refractivity contribution in [1.82, 2.24) is 25.4 Å². The first kappa shape index (κ1) is 58.9. The number of nitrogens with one attached hydrogen (secondary N) is 2. The number of aromatic nitrogens is 1. The molecule has 80 heavy (non-hydrogen) atoms. The van der Waals surface area contributed by atoms with Gasteiger partial charge in [0.05, 0.1) is 101 Å². The number of amides is 4. The fourth-order valence-electron chi connectivity index (χ4n) is 8.87. The standard InChI is InChI=1S/C59H67N7O12S2/c1-39-23-46-32-63-50-30-52(41(3)25-48(50)57(68)65(46)34-39)76-37-44-26-43(27-45(28-44)38-77-54-31-51-49(29-53(54)71-5)58(69)66-35-40(2)24-47(66)33-64-51)9-8-13-60-55(67)11-15-72-17-19-74-21-22-75-20-18-73-16-14-62-59(70)78-36-42(4)79-80-56-10-6-7-12-61-56/h6-7,10,12,25-33,42,46-47H,1-2,11,13-24,34-38H2,3-5H3,(H,60,67)(H,62,70)/t42-,46+,47+/m1/s1. The maximum absolute atomic E-state index is 13.6. The molecular formula is C59H67N7O12S2. The summed E-state index contributed by atoms with van der Waals surface area (Å²) in [6, 6.07) is 18.3. The summed E-state index contributed by atoms with van der Waals surface area (Å²) in [4.78, 5) is 69.0. The summed E-state index contributed by atoms with van der Waals surface area (Å²) < 4.78 is 46.0. The molecule has 2 saturated heterocycles. The number of nitrogens with zero attached hydrogens (tertiary/aromatic N) is 5. The Balaban J connectivity index is 0.753. The van der Waals surface area contributed by atoms with Gasteiger partial charge in [-0.1, -0.05) is 53.0 Å². The number of aryl methyl sites for hydroxylation is 1. The molecule has 0 radical (unpaired) electrons. The van der Waals surface area contributed by atoms with Crippen LogP contribution in [0.25, 0.3) is 0 Å². The number of methoxy groups -OCH3 is 1. The Bertz CT molecular complexity index is 3000. The van der Waals surface area contributed by atoms with E-state index in [1.165, 1.54) is 7.11 Å². The smallest absolute Gasteiger partial charge is 0.407 e. The predicted octanol–water partition coefficient (Wildman–Crippen LogP) is 8.01. The van der Waals surface area contributed by atoms with Crippen molar-refractivity contribution in [2.45, 2.75) is 68.7 Å². The quantitative estimate of drug-likeness (QED) is 0.0239. The van der Waals surface area contributed by atoms with Crippen molar-refractivity contribution < 1.29 is 57.1 Å². The summed E-state index contributed by atoms with van der Waals surface area (Å²) in [6.07, 6.45) is 6.36. The zero-order valence-electron chi connectivity index (χ0n) is 45.3. The summed E-state index contributed by atoms with van der Waals surface area (Å²) in [5.74, 6) is 7.20. The molecule has 1 aromatic heterocycles. The number of hydrogen-bond acceptors (Lipinski definition) is 17. The second kappa shape index (κ2) is 29.9. The van der Waals surface area contributed by atoms with Crippen molar-refractivity contribution in [1.29, 1.82) is 0 Å². The molecule has 19 nitrogen and oxygen atoms in total. The topological polar surface area (TPSA) is 210 Å². The van der Waals surface area contributed by atoms with Gasteiger partial charge in [-0.25, -0.2) is 9.78 Å². The second-order valence-electron chi connectivity index (χ2n) is 19.2. The highest BCUT2D eigenvalue weighted by molar-refractivity contribution is 8.76. The minimum atomic E-state index is -0.488. The molecule has 0 bridgehead atoms. The third-order valence-corrected chi connectivity index (χ3v) is 15.6. The number of hydrogen-bond donors (Lipinski definition) is 2. The van der Waals surface area contributed by atoms with E-state index >= 15 is 0 Å². The van der Waals surface area contributed by atoms with E-state index in [4.69, 9.17) is 42.9 Å². The Kier molecular flexibility index (Phi) is 22.0. The molecule has 422 valence electrons. The molecule has 4 aromatic rings. The van der Waals surface area contributed by atoms with E-state index in [2.05, 4.69) is 45.6 Å². The number of pyridine rings is 1. The molecule has 8 rings (SSSR count). The lowest BCUT2D eigenvalue weighted by atomic mass is 10.1. The van der Waals surface area contributed by atoms with Crippen molar-refractivity contribution in [3.8, 4) is 29.1 Å². The predicted molar refractivity (Wildman–Crippen MR) is 307 cm³/mol. The summed E-state index contributed by atoms with van der Waals surface area (Å²) >= 11 is 0. The van der Waals surface area contributed by atoms with Crippen LogP contribution in [0.4, 0.5) is 16.2 Å². The highest BCUT2D eigenvalue weighted by Crippen LogP contribution is 2.40. The molecule has 0 spiro atoms. The highest BCUT2D eigenvalue weighted by atomic mass is 33.1. The van der Waals surface area contributed by atoms with Crippen molar-refractivity contribution in [3.63, 3.8) is 0 Å². The maximum atomic E-state index is 13.6. The first-order valence-electron chi connectivity index (χ1n) is 26.4. The van der Waals surface area contributed by atoms with E-state index in [9.17, 15) is 19.2 Å². The Morgan fingerprint density at radius 2 is 1.35 bits per heavy atom. The number of ether oxygens (including phenoxy) is 8. The molecule has 4 aliphatic heterocycles. The largest absolute Gasteiger partial charge is 0.493 e. The molecule has 4 aliphatic rings. The highest BCUT2D eigenvalue weighted by Gasteiger charge is 2.35. The number of rotatable bonds is 28. The number of fused-ring (bicyclic) bond motifs is 4. The molecule has 3 aromatic carbocycles. The van der Waals surface area contributed by atoms with E-state index in [1.54, 1.807) is 62.0 Å². The van der Waals surface area contributed by atoms with Gasteiger partial charge in [-0.3, -0.25) is 24.4 Å². The van der Waals surface area contributed by atoms with Crippen LogP contribution in [-0.4, -0.2) is 161 Å². The van der Waals surface area contributed by atoms with Gasteiger partial charge in [0.15, 0.2) is 11.5 Å². The zero-order chi connectivity index (χ0) is 56.2. The van der Waals surface area contributed by atoms with E-state index < -0.39 is 6.09 Å². The summed E-state index contributed by atoms with van der Waals surface area (Å²) in [5.41, 5.74) is 7.01. The molecule has 2 fully saturated rings. The van der Waals surface area contributed by atoms with Crippen molar-refractivity contribution in [3.05, 3.63) is 125 Å². The summed E-state index contributed by atoms with van der Waals surface area (Å²) in [6.45, 7) is 16.7. The molecule has 2 N–H and O–H groups in total. The second-order valence-corrected chi connectivity index (χ2v) is 21.9. The third-order valence-electron chi connectivity index (χ3n) is 12.9. The van der Waals surface area contributed by atoms with Crippen LogP contribution in [0.5, 0.6) is 17.2 Å². The van der Waals surface area contributed by atoms with Crippen LogP contribution in [0.2, 0.25) is 0 Å². The van der Waals surface area contributed by atoms with E-state index in [0.29, 0.717) is 124 Å². The van der Waals surface area contributed by atoms with Crippen LogP contribution in [0.15, 0.2) is 106 Å². The monoisotopic (exact) mass is 1130 g/mol. The van der Waals surface area contributed by atoms with Gasteiger partial charge in [0.25, 0.3) is 11.8 Å². The van der Waals surface area contributed by atoms with Gasteiger partial charge in [0, 0.05) is 67.6 Å². The van der Waals surface area contributed by atoms with Crippen LogP contribution < -0.4 is 24.8 Å². The summed E-state index contributed by atoms with van der Waals surface area (Å²) in [5, 5.41) is 6.51. The first-order chi connectivity index (χ1) is 38.9.